The zero-order chi connectivity index (χ0) is 17.2. The maximum atomic E-state index is 12.6. The highest BCUT2D eigenvalue weighted by atomic mass is 32.2. The van der Waals surface area contributed by atoms with Crippen LogP contribution in [-0.2, 0) is 14.9 Å². The van der Waals surface area contributed by atoms with Gasteiger partial charge in [-0.2, -0.15) is 8.42 Å². The van der Waals surface area contributed by atoms with Crippen LogP contribution in [0.3, 0.4) is 0 Å². The largest absolute Gasteiger partial charge is 0.465 e. The number of hydrogen-bond acceptors (Lipinski definition) is 5. The summed E-state index contributed by atoms with van der Waals surface area (Å²) in [5.74, 6) is -0.497. The van der Waals surface area contributed by atoms with Gasteiger partial charge in [0.2, 0.25) is 0 Å². The Kier molecular flexibility index (Phi) is 4.75. The molecule has 0 aliphatic rings. The van der Waals surface area contributed by atoms with Gasteiger partial charge in [-0.15, -0.1) is 0 Å². The number of esters is 1. The normalized spacial score (nSPS) is 11.1. The minimum absolute atomic E-state index is 0.0623. The van der Waals surface area contributed by atoms with Crippen LogP contribution in [-0.4, -0.2) is 21.5 Å². The van der Waals surface area contributed by atoms with E-state index in [0.29, 0.717) is 11.1 Å². The fourth-order valence-corrected chi connectivity index (χ4v) is 3.87. The lowest BCUT2D eigenvalue weighted by Crippen LogP contribution is -2.13. The van der Waals surface area contributed by atoms with E-state index in [0.717, 1.165) is 5.56 Å². The van der Waals surface area contributed by atoms with Gasteiger partial charge >= 0.3 is 16.1 Å². The molecule has 0 N–H and O–H groups in total. The number of rotatable bonds is 4. The van der Waals surface area contributed by atoms with Crippen molar-refractivity contribution in [1.29, 1.82) is 0 Å². The predicted octanol–water partition coefficient (Wildman–Crippen LogP) is 3.17. The minimum Gasteiger partial charge on any atom is -0.465 e. The first-order chi connectivity index (χ1) is 10.7. The maximum Gasteiger partial charge on any atom is 0.339 e. The van der Waals surface area contributed by atoms with Crippen LogP contribution in [0.4, 0.5) is 0 Å². The third kappa shape index (κ3) is 3.71. The molecule has 0 aliphatic heterocycles. The molecule has 2 rings (SSSR count). The van der Waals surface area contributed by atoms with Crippen LogP contribution in [0.1, 0.15) is 27.0 Å². The number of benzene rings is 2. The van der Waals surface area contributed by atoms with E-state index in [1.807, 2.05) is 6.92 Å². The van der Waals surface area contributed by atoms with E-state index in [-0.39, 0.29) is 16.2 Å². The molecule has 0 radical (unpaired) electrons. The summed E-state index contributed by atoms with van der Waals surface area (Å²) >= 11 is 0. The van der Waals surface area contributed by atoms with Crippen LogP contribution in [0.15, 0.2) is 41.3 Å². The van der Waals surface area contributed by atoms with Gasteiger partial charge in [0, 0.05) is 0 Å². The quantitative estimate of drug-likeness (QED) is 0.634. The SMILES string of the molecule is COC(=O)c1cccc(OS(=O)(=O)c2c(C)cc(C)cc2C)c1. The van der Waals surface area contributed by atoms with E-state index >= 15 is 0 Å². The molecule has 5 nitrogen and oxygen atoms in total. The predicted molar refractivity (Wildman–Crippen MR) is 86.2 cm³/mol. The number of methoxy groups -OCH3 is 1. The van der Waals surface area contributed by atoms with Crippen molar-refractivity contribution in [2.75, 3.05) is 7.11 Å². The Morgan fingerprint density at radius 2 is 1.61 bits per heavy atom. The zero-order valence-electron chi connectivity index (χ0n) is 13.4. The van der Waals surface area contributed by atoms with Crippen molar-refractivity contribution in [3.63, 3.8) is 0 Å². The van der Waals surface area contributed by atoms with Crippen LogP contribution >= 0.6 is 0 Å². The van der Waals surface area contributed by atoms with Crippen LogP contribution < -0.4 is 4.18 Å². The van der Waals surface area contributed by atoms with Crippen molar-refractivity contribution >= 4 is 16.1 Å². The van der Waals surface area contributed by atoms with Crippen molar-refractivity contribution < 1.29 is 22.1 Å². The van der Waals surface area contributed by atoms with Gasteiger partial charge in [-0.05, 0) is 50.1 Å². The summed E-state index contributed by atoms with van der Waals surface area (Å²) in [6, 6.07) is 9.44. The third-order valence-corrected chi connectivity index (χ3v) is 4.87. The average molecular weight is 334 g/mol. The molecular weight excluding hydrogens is 316 g/mol. The van der Waals surface area contributed by atoms with Crippen LogP contribution in [0.25, 0.3) is 0 Å². The topological polar surface area (TPSA) is 69.7 Å². The first-order valence-corrected chi connectivity index (χ1v) is 8.36. The highest BCUT2D eigenvalue weighted by molar-refractivity contribution is 7.87. The van der Waals surface area contributed by atoms with E-state index in [2.05, 4.69) is 4.74 Å². The van der Waals surface area contributed by atoms with Crippen molar-refractivity contribution in [2.24, 2.45) is 0 Å². The first kappa shape index (κ1) is 17.0. The van der Waals surface area contributed by atoms with Gasteiger partial charge in [0.15, 0.2) is 0 Å². The summed E-state index contributed by atoms with van der Waals surface area (Å²) < 4.78 is 34.9. The molecule has 0 amide bonds. The Balaban J connectivity index is 2.42. The van der Waals surface area contributed by atoms with Gasteiger partial charge in [0.1, 0.15) is 10.6 Å². The number of ether oxygens (including phenoxy) is 1. The monoisotopic (exact) mass is 334 g/mol. The molecule has 2 aromatic carbocycles. The molecule has 23 heavy (non-hydrogen) atoms. The highest BCUT2D eigenvalue weighted by Crippen LogP contribution is 2.26. The van der Waals surface area contributed by atoms with E-state index in [9.17, 15) is 13.2 Å². The number of aryl methyl sites for hydroxylation is 3. The summed E-state index contributed by atoms with van der Waals surface area (Å²) in [4.78, 5) is 11.7. The molecule has 0 spiro atoms. The fraction of sp³-hybridized carbons (Fsp3) is 0.235. The van der Waals surface area contributed by atoms with E-state index in [1.54, 1.807) is 26.0 Å². The maximum absolute atomic E-state index is 12.6. The van der Waals surface area contributed by atoms with Gasteiger partial charge in [-0.25, -0.2) is 4.79 Å². The number of carbonyl (C=O) groups is 1. The molecule has 0 heterocycles. The number of carbonyl (C=O) groups excluding carboxylic acids is 1. The Hall–Kier alpha value is -2.34. The van der Waals surface area contributed by atoms with E-state index in [4.69, 9.17) is 4.18 Å². The lowest BCUT2D eigenvalue weighted by atomic mass is 10.1. The van der Waals surface area contributed by atoms with Crippen molar-refractivity contribution in [3.05, 3.63) is 58.7 Å². The smallest absolute Gasteiger partial charge is 0.339 e. The summed E-state index contributed by atoms with van der Waals surface area (Å²) in [6.45, 7) is 5.35. The van der Waals surface area contributed by atoms with Crippen LogP contribution in [0.2, 0.25) is 0 Å². The molecule has 2 aromatic rings. The Morgan fingerprint density at radius 1 is 1.00 bits per heavy atom. The second-order valence-corrected chi connectivity index (χ2v) is 6.77. The Bertz CT molecular complexity index is 830. The van der Waals surface area contributed by atoms with Crippen LogP contribution in [0, 0.1) is 20.8 Å². The summed E-state index contributed by atoms with van der Waals surface area (Å²) in [6.07, 6.45) is 0. The average Bonchev–Trinajstić information content (AvgIpc) is 2.44. The van der Waals surface area contributed by atoms with Gasteiger partial charge in [0.25, 0.3) is 0 Å². The first-order valence-electron chi connectivity index (χ1n) is 6.95. The van der Waals surface area contributed by atoms with Gasteiger partial charge < -0.3 is 8.92 Å². The standard InChI is InChI=1S/C17H18O5S/c1-11-8-12(2)16(13(3)9-11)23(19,20)22-15-7-5-6-14(10-15)17(18)21-4/h5-10H,1-4H3. The molecular formula is C17H18O5S. The van der Waals surface area contributed by atoms with Gasteiger partial charge in [0.05, 0.1) is 12.7 Å². The second-order valence-electron chi connectivity index (χ2n) is 5.28. The van der Waals surface area contributed by atoms with Gasteiger partial charge in [-0.1, -0.05) is 23.8 Å². The van der Waals surface area contributed by atoms with Crippen LogP contribution in [0.5, 0.6) is 5.75 Å². The second kappa shape index (κ2) is 6.42. The minimum atomic E-state index is -3.99. The third-order valence-electron chi connectivity index (χ3n) is 3.32. The van der Waals surface area contributed by atoms with Crippen molar-refractivity contribution in [3.8, 4) is 5.75 Å². The van der Waals surface area contributed by atoms with Gasteiger partial charge in [-0.3, -0.25) is 0 Å². The molecule has 0 fully saturated rings. The molecule has 0 saturated heterocycles. The number of hydrogen-bond donors (Lipinski definition) is 0. The van der Waals surface area contributed by atoms with E-state index < -0.39 is 16.1 Å². The Morgan fingerprint density at radius 3 is 2.17 bits per heavy atom. The summed E-state index contributed by atoms with van der Waals surface area (Å²) in [7, 11) is -2.74. The molecule has 0 bridgehead atoms. The molecule has 122 valence electrons. The molecule has 0 atom stereocenters. The fourth-order valence-electron chi connectivity index (χ4n) is 2.52. The molecule has 0 unspecified atom stereocenters. The summed E-state index contributed by atoms with van der Waals surface area (Å²) in [5.41, 5.74) is 2.43. The van der Waals surface area contributed by atoms with E-state index in [1.165, 1.54) is 31.4 Å². The lowest BCUT2D eigenvalue weighted by Gasteiger charge is -2.13. The van der Waals surface area contributed by atoms with Crippen molar-refractivity contribution in [1.82, 2.24) is 0 Å². The van der Waals surface area contributed by atoms with Crippen molar-refractivity contribution in [2.45, 2.75) is 25.7 Å². The highest BCUT2D eigenvalue weighted by Gasteiger charge is 2.22. The summed E-state index contributed by atoms with van der Waals surface area (Å²) in [5, 5.41) is 0. The zero-order valence-corrected chi connectivity index (χ0v) is 14.2. The Labute approximate surface area is 136 Å². The molecule has 0 aliphatic carbocycles. The molecule has 0 aromatic heterocycles. The molecule has 6 heteroatoms. The molecule has 0 saturated carbocycles. The lowest BCUT2D eigenvalue weighted by molar-refractivity contribution is 0.0600.